The number of anilines is 2. The average Bonchev–Trinajstić information content (AvgIpc) is 2.67. The lowest BCUT2D eigenvalue weighted by atomic mass is 10.1. The third-order valence-electron chi connectivity index (χ3n) is 3.80. The molecule has 26 heavy (non-hydrogen) atoms. The maximum Gasteiger partial charge on any atom is 0.251 e. The summed E-state index contributed by atoms with van der Waals surface area (Å²) in [5.41, 5.74) is 2.15. The van der Waals surface area contributed by atoms with Crippen molar-refractivity contribution in [3.05, 3.63) is 54.4 Å². The molecule has 0 atom stereocenters. The van der Waals surface area contributed by atoms with Crippen LogP contribution in [0.3, 0.4) is 0 Å². The molecule has 0 radical (unpaired) electrons. The second kappa shape index (κ2) is 10.9. The van der Waals surface area contributed by atoms with E-state index in [-0.39, 0.29) is 11.8 Å². The van der Waals surface area contributed by atoms with Gasteiger partial charge in [-0.1, -0.05) is 19.4 Å². The molecule has 1 aromatic carbocycles. The molecule has 1 heterocycles. The zero-order valence-electron chi connectivity index (χ0n) is 15.1. The number of hydrogen-bond donors (Lipinski definition) is 3. The van der Waals surface area contributed by atoms with Gasteiger partial charge in [-0.3, -0.25) is 14.6 Å². The zero-order valence-corrected chi connectivity index (χ0v) is 15.1. The highest BCUT2D eigenvalue weighted by atomic mass is 16.2. The van der Waals surface area contributed by atoms with Crippen LogP contribution >= 0.6 is 0 Å². The number of unbranched alkanes of at least 4 members (excludes halogenated alkanes) is 1. The minimum Gasteiger partial charge on any atom is -0.384 e. The molecule has 0 aliphatic heterocycles. The molecule has 0 fully saturated rings. The van der Waals surface area contributed by atoms with E-state index >= 15 is 0 Å². The maximum atomic E-state index is 12.2. The predicted octanol–water partition coefficient (Wildman–Crippen LogP) is 3.44. The van der Waals surface area contributed by atoms with Gasteiger partial charge in [0.2, 0.25) is 5.91 Å². The van der Waals surface area contributed by atoms with Gasteiger partial charge >= 0.3 is 0 Å². The summed E-state index contributed by atoms with van der Waals surface area (Å²) in [5.74, 6) is -0.165. The summed E-state index contributed by atoms with van der Waals surface area (Å²) in [7, 11) is 0. The fourth-order valence-electron chi connectivity index (χ4n) is 2.39. The fraction of sp³-hybridized carbons (Fsp3) is 0.350. The van der Waals surface area contributed by atoms with Crippen molar-refractivity contribution in [3.63, 3.8) is 0 Å². The Kier molecular flexibility index (Phi) is 8.12. The van der Waals surface area contributed by atoms with Gasteiger partial charge < -0.3 is 16.0 Å². The molecule has 6 nitrogen and oxygen atoms in total. The molecule has 6 heteroatoms. The van der Waals surface area contributed by atoms with Crippen molar-refractivity contribution in [1.29, 1.82) is 0 Å². The van der Waals surface area contributed by atoms with Gasteiger partial charge in [-0.05, 0) is 43.2 Å². The van der Waals surface area contributed by atoms with Crippen LogP contribution in [0.1, 0.15) is 43.0 Å². The molecule has 0 unspecified atom stereocenters. The quantitative estimate of drug-likeness (QED) is 0.571. The molecule has 138 valence electrons. The van der Waals surface area contributed by atoms with Crippen molar-refractivity contribution in [1.82, 2.24) is 10.3 Å². The molecule has 3 N–H and O–H groups in total. The first-order valence-corrected chi connectivity index (χ1v) is 9.01. The van der Waals surface area contributed by atoms with E-state index in [0.29, 0.717) is 24.2 Å². The van der Waals surface area contributed by atoms with Gasteiger partial charge in [0.25, 0.3) is 5.91 Å². The minimum absolute atomic E-state index is 0.0223. The summed E-state index contributed by atoms with van der Waals surface area (Å²) in [6.07, 6.45) is 6.63. The Balaban J connectivity index is 1.73. The van der Waals surface area contributed by atoms with Crippen molar-refractivity contribution >= 4 is 23.2 Å². The number of amides is 2. The number of aromatic nitrogens is 1. The molecule has 2 rings (SSSR count). The van der Waals surface area contributed by atoms with Crippen LogP contribution in [-0.2, 0) is 4.79 Å². The molecular formula is C20H26N4O2. The van der Waals surface area contributed by atoms with Crippen LogP contribution in [0, 0.1) is 0 Å². The average molecular weight is 354 g/mol. The zero-order chi connectivity index (χ0) is 18.6. The number of benzene rings is 1. The molecule has 0 saturated carbocycles. The van der Waals surface area contributed by atoms with Crippen LogP contribution in [0.15, 0.2) is 48.8 Å². The molecular weight excluding hydrogens is 328 g/mol. The topological polar surface area (TPSA) is 83.1 Å². The normalized spacial score (nSPS) is 10.2. The van der Waals surface area contributed by atoms with E-state index in [9.17, 15) is 9.59 Å². The number of nitrogens with zero attached hydrogens (tertiary/aromatic N) is 1. The number of carbonyl (C=O) groups is 2. The van der Waals surface area contributed by atoms with E-state index in [4.69, 9.17) is 0 Å². The highest BCUT2D eigenvalue weighted by molar-refractivity contribution is 5.97. The van der Waals surface area contributed by atoms with Crippen LogP contribution in [0.25, 0.3) is 0 Å². The highest BCUT2D eigenvalue weighted by Gasteiger charge is 2.07. The summed E-state index contributed by atoms with van der Waals surface area (Å²) in [4.78, 5) is 28.1. The van der Waals surface area contributed by atoms with Crippen molar-refractivity contribution in [2.75, 3.05) is 23.7 Å². The number of nitrogens with one attached hydrogen (secondary N) is 3. The summed E-state index contributed by atoms with van der Waals surface area (Å²) >= 11 is 0. The Labute approximate surface area is 154 Å². The van der Waals surface area contributed by atoms with Gasteiger partial charge in [0.1, 0.15) is 0 Å². The molecule has 2 amide bonds. The SMILES string of the molecule is CCCCC(=O)Nc1cccc(C(=O)NCCCNc2cccnc2)c1. The Morgan fingerprint density at radius 3 is 2.65 bits per heavy atom. The first-order chi connectivity index (χ1) is 12.7. The molecule has 1 aromatic heterocycles. The van der Waals surface area contributed by atoms with Crippen LogP contribution in [0.2, 0.25) is 0 Å². The lowest BCUT2D eigenvalue weighted by Crippen LogP contribution is -2.26. The Morgan fingerprint density at radius 2 is 1.88 bits per heavy atom. The monoisotopic (exact) mass is 354 g/mol. The number of hydrogen-bond acceptors (Lipinski definition) is 4. The first kappa shape index (κ1) is 19.4. The molecule has 2 aromatic rings. The van der Waals surface area contributed by atoms with Crippen molar-refractivity contribution in [3.8, 4) is 0 Å². The second-order valence-electron chi connectivity index (χ2n) is 6.01. The molecule has 0 spiro atoms. The standard InChI is InChI=1S/C20H26N4O2/c1-2-3-10-19(25)24-17-8-4-7-16(14-17)20(26)23-13-6-12-22-18-9-5-11-21-15-18/h4-5,7-9,11,14-15,22H,2-3,6,10,12-13H2,1H3,(H,23,26)(H,24,25). The second-order valence-corrected chi connectivity index (χ2v) is 6.01. The molecule has 0 bridgehead atoms. The number of carbonyl (C=O) groups excluding carboxylic acids is 2. The fourth-order valence-corrected chi connectivity index (χ4v) is 2.39. The van der Waals surface area contributed by atoms with Crippen molar-refractivity contribution in [2.45, 2.75) is 32.6 Å². The van der Waals surface area contributed by atoms with Crippen molar-refractivity contribution < 1.29 is 9.59 Å². The smallest absolute Gasteiger partial charge is 0.251 e. The van der Waals surface area contributed by atoms with E-state index in [0.717, 1.165) is 31.5 Å². The van der Waals surface area contributed by atoms with E-state index in [1.165, 1.54) is 0 Å². The van der Waals surface area contributed by atoms with Crippen LogP contribution in [0.5, 0.6) is 0 Å². The summed E-state index contributed by atoms with van der Waals surface area (Å²) in [6.45, 7) is 3.36. The molecule has 0 aliphatic rings. The Bertz CT molecular complexity index is 704. The number of rotatable bonds is 10. The van der Waals surface area contributed by atoms with Crippen LogP contribution in [-0.4, -0.2) is 29.9 Å². The van der Waals surface area contributed by atoms with Crippen LogP contribution in [0.4, 0.5) is 11.4 Å². The molecule has 0 saturated heterocycles. The van der Waals surface area contributed by atoms with Gasteiger partial charge in [-0.2, -0.15) is 0 Å². The van der Waals surface area contributed by atoms with Gasteiger partial charge in [0.15, 0.2) is 0 Å². The number of pyridine rings is 1. The van der Waals surface area contributed by atoms with E-state index < -0.39 is 0 Å². The van der Waals surface area contributed by atoms with E-state index in [2.05, 4.69) is 20.9 Å². The van der Waals surface area contributed by atoms with Gasteiger partial charge in [0.05, 0.1) is 5.69 Å². The maximum absolute atomic E-state index is 12.2. The van der Waals surface area contributed by atoms with E-state index in [1.807, 2.05) is 19.1 Å². The summed E-state index contributed by atoms with van der Waals surface area (Å²) in [6, 6.07) is 10.8. The lowest BCUT2D eigenvalue weighted by Gasteiger charge is -2.09. The Hall–Kier alpha value is -2.89. The van der Waals surface area contributed by atoms with E-state index in [1.54, 1.807) is 36.7 Å². The third-order valence-corrected chi connectivity index (χ3v) is 3.80. The Morgan fingerprint density at radius 1 is 1.04 bits per heavy atom. The lowest BCUT2D eigenvalue weighted by molar-refractivity contribution is -0.116. The van der Waals surface area contributed by atoms with Gasteiger partial charge in [-0.15, -0.1) is 0 Å². The summed E-state index contributed by atoms with van der Waals surface area (Å²) in [5, 5.41) is 8.97. The third kappa shape index (κ3) is 6.93. The van der Waals surface area contributed by atoms with Gasteiger partial charge in [-0.25, -0.2) is 0 Å². The van der Waals surface area contributed by atoms with Gasteiger partial charge in [0, 0.05) is 43.2 Å². The first-order valence-electron chi connectivity index (χ1n) is 9.01. The largest absolute Gasteiger partial charge is 0.384 e. The highest BCUT2D eigenvalue weighted by Crippen LogP contribution is 2.11. The van der Waals surface area contributed by atoms with Crippen molar-refractivity contribution in [2.24, 2.45) is 0 Å². The molecule has 0 aliphatic carbocycles. The van der Waals surface area contributed by atoms with Crippen LogP contribution < -0.4 is 16.0 Å². The summed E-state index contributed by atoms with van der Waals surface area (Å²) < 4.78 is 0. The predicted molar refractivity (Wildman–Crippen MR) is 104 cm³/mol. The minimum atomic E-state index is -0.143.